The molecule has 0 heterocycles. The second kappa shape index (κ2) is 6.60. The maximum atomic E-state index is 10.2. The van der Waals surface area contributed by atoms with Crippen LogP contribution >= 0.6 is 0 Å². The zero-order chi connectivity index (χ0) is 7.28. The molecule has 0 saturated carbocycles. The minimum atomic E-state index is -1.61. The van der Waals surface area contributed by atoms with Gasteiger partial charge in [-0.3, -0.25) is 4.79 Å². The second-order valence-electron chi connectivity index (χ2n) is 1.54. The number of hydrogen-bond acceptors (Lipinski definition) is 3. The van der Waals surface area contributed by atoms with Crippen LogP contribution in [0.15, 0.2) is 12.7 Å². The fourth-order valence-corrected chi connectivity index (χ4v) is 0.335. The molecule has 0 aliphatic rings. The molecule has 0 rings (SSSR count). The fraction of sp³-hybridized carbons (Fsp3) is 0.333. The Morgan fingerprint density at radius 1 is 1.50 bits per heavy atom. The van der Waals surface area contributed by atoms with Crippen LogP contribution in [-0.4, -0.2) is 11.8 Å². The number of ketones is 1. The number of carboxylic acid groups (broad SMARTS) is 1. The monoisotopic (exact) mass is 134 g/mol. The van der Waals surface area contributed by atoms with E-state index in [9.17, 15) is 14.7 Å². The van der Waals surface area contributed by atoms with E-state index in [2.05, 4.69) is 6.58 Å². The molecular weight excluding hydrogens is 127 g/mol. The van der Waals surface area contributed by atoms with Crippen molar-refractivity contribution in [3.8, 4) is 0 Å². The van der Waals surface area contributed by atoms with Crippen molar-refractivity contribution in [3.63, 3.8) is 0 Å². The van der Waals surface area contributed by atoms with Crippen molar-refractivity contribution in [1.29, 1.82) is 0 Å². The van der Waals surface area contributed by atoms with E-state index in [-0.39, 0.29) is 25.3 Å². The van der Waals surface area contributed by atoms with Crippen LogP contribution in [0.5, 0.6) is 0 Å². The summed E-state index contributed by atoms with van der Waals surface area (Å²) in [5, 5.41) is 9.71. The minimum absolute atomic E-state index is 0. The summed E-state index contributed by atoms with van der Waals surface area (Å²) in [6.07, 6.45) is 1.87. The first-order chi connectivity index (χ1) is 4.18. The smallest absolute Gasteiger partial charge is 0.542 e. The first kappa shape index (κ1) is 12.2. The van der Waals surface area contributed by atoms with E-state index in [4.69, 9.17) is 0 Å². The molecule has 0 aromatic rings. The van der Waals surface area contributed by atoms with Crippen LogP contribution in [0.4, 0.5) is 0 Å². The summed E-state index contributed by atoms with van der Waals surface area (Å²) >= 11 is 0. The maximum absolute atomic E-state index is 10.2. The molecule has 4 heteroatoms. The van der Waals surface area contributed by atoms with E-state index in [0.717, 1.165) is 0 Å². The SMILES string of the molecule is C=CCCC(=O)C(=O)[O-].[Li+]. The Morgan fingerprint density at radius 2 is 2.00 bits per heavy atom. The van der Waals surface area contributed by atoms with Gasteiger partial charge in [-0.1, -0.05) is 6.08 Å². The zero-order valence-corrected chi connectivity index (χ0v) is 5.92. The molecule has 0 N–H and O–H groups in total. The molecule has 0 aromatic heterocycles. The number of carbonyl (C=O) groups is 2. The third-order valence-electron chi connectivity index (χ3n) is 0.803. The van der Waals surface area contributed by atoms with Crippen LogP contribution in [0.3, 0.4) is 0 Å². The van der Waals surface area contributed by atoms with E-state index >= 15 is 0 Å². The van der Waals surface area contributed by atoms with Gasteiger partial charge in [0.1, 0.15) is 5.97 Å². The molecule has 0 saturated heterocycles. The molecule has 50 valence electrons. The second-order valence-corrected chi connectivity index (χ2v) is 1.54. The quantitative estimate of drug-likeness (QED) is 0.226. The van der Waals surface area contributed by atoms with Gasteiger partial charge < -0.3 is 9.90 Å². The van der Waals surface area contributed by atoms with Crippen molar-refractivity contribution in [2.75, 3.05) is 0 Å². The Hall–Kier alpha value is -0.523. The van der Waals surface area contributed by atoms with Crippen molar-refractivity contribution < 1.29 is 33.6 Å². The van der Waals surface area contributed by atoms with Crippen molar-refractivity contribution in [2.45, 2.75) is 12.8 Å². The number of Topliss-reactive ketones (excluding diaryl/α,β-unsaturated/α-hetero) is 1. The third kappa shape index (κ3) is 5.61. The van der Waals surface area contributed by atoms with Gasteiger partial charge in [-0.15, -0.1) is 6.58 Å². The predicted octanol–water partition coefficient (Wildman–Crippen LogP) is -3.72. The van der Waals surface area contributed by atoms with Crippen LogP contribution in [0.1, 0.15) is 12.8 Å². The molecule has 10 heavy (non-hydrogen) atoms. The molecule has 0 atom stereocenters. The van der Waals surface area contributed by atoms with E-state index in [1.165, 1.54) is 6.08 Å². The van der Waals surface area contributed by atoms with Crippen molar-refractivity contribution in [1.82, 2.24) is 0 Å². The summed E-state index contributed by atoms with van der Waals surface area (Å²) < 4.78 is 0. The minimum Gasteiger partial charge on any atom is -0.542 e. The van der Waals surface area contributed by atoms with Gasteiger partial charge in [0.15, 0.2) is 5.78 Å². The van der Waals surface area contributed by atoms with E-state index in [1.54, 1.807) is 0 Å². The van der Waals surface area contributed by atoms with Gasteiger partial charge in [0.05, 0.1) is 0 Å². The summed E-state index contributed by atoms with van der Waals surface area (Å²) in [6, 6.07) is 0. The van der Waals surface area contributed by atoms with E-state index in [0.29, 0.717) is 6.42 Å². The average molecular weight is 134 g/mol. The summed E-state index contributed by atoms with van der Waals surface area (Å²) in [7, 11) is 0. The summed E-state index contributed by atoms with van der Waals surface area (Å²) in [6.45, 7) is 3.33. The van der Waals surface area contributed by atoms with Crippen molar-refractivity contribution >= 4 is 11.8 Å². The molecular formula is C6H7LiO3. The number of rotatable bonds is 4. The Labute approximate surface area is 71.3 Å². The normalized spacial score (nSPS) is 7.60. The predicted molar refractivity (Wildman–Crippen MR) is 29.4 cm³/mol. The largest absolute Gasteiger partial charge is 1.00 e. The molecule has 3 nitrogen and oxygen atoms in total. The van der Waals surface area contributed by atoms with Gasteiger partial charge in [0.25, 0.3) is 0 Å². The third-order valence-corrected chi connectivity index (χ3v) is 0.803. The Morgan fingerprint density at radius 3 is 2.30 bits per heavy atom. The molecule has 0 unspecified atom stereocenters. The van der Waals surface area contributed by atoms with Gasteiger partial charge in [0, 0.05) is 6.42 Å². The van der Waals surface area contributed by atoms with Gasteiger partial charge in [-0.25, -0.2) is 0 Å². The molecule has 0 amide bonds. The molecule has 0 bridgehead atoms. The summed E-state index contributed by atoms with van der Waals surface area (Å²) in [5.41, 5.74) is 0. The average Bonchev–Trinajstić information content (AvgIpc) is 1.82. The topological polar surface area (TPSA) is 57.2 Å². The Bertz CT molecular complexity index is 142. The summed E-state index contributed by atoms with van der Waals surface area (Å²) in [5.74, 6) is -2.48. The van der Waals surface area contributed by atoms with Crippen LogP contribution in [0.2, 0.25) is 0 Å². The van der Waals surface area contributed by atoms with Crippen LogP contribution in [0, 0.1) is 0 Å². The van der Waals surface area contributed by atoms with Gasteiger partial charge >= 0.3 is 18.9 Å². The standard InChI is InChI=1S/C6H8O3.Li/c1-2-3-4-5(7)6(8)9;/h2H,1,3-4H2,(H,8,9);/q;+1/p-1. The van der Waals surface area contributed by atoms with Gasteiger partial charge in [0.2, 0.25) is 0 Å². The van der Waals surface area contributed by atoms with E-state index < -0.39 is 11.8 Å². The Kier molecular flexibility index (Phi) is 8.03. The number of hydrogen-bond donors (Lipinski definition) is 0. The number of aliphatic carboxylic acids is 1. The molecule has 0 aromatic carbocycles. The summed E-state index contributed by atoms with van der Waals surface area (Å²) in [4.78, 5) is 19.9. The van der Waals surface area contributed by atoms with Gasteiger partial charge in [-0.05, 0) is 6.42 Å². The first-order valence-electron chi connectivity index (χ1n) is 2.53. The van der Waals surface area contributed by atoms with Crippen molar-refractivity contribution in [3.05, 3.63) is 12.7 Å². The maximum Gasteiger partial charge on any atom is 1.00 e. The Balaban J connectivity index is 0. The molecule has 0 spiro atoms. The molecule has 0 fully saturated rings. The number of allylic oxidation sites excluding steroid dienone is 1. The van der Waals surface area contributed by atoms with Crippen molar-refractivity contribution in [2.24, 2.45) is 0 Å². The zero-order valence-electron chi connectivity index (χ0n) is 5.92. The van der Waals surface area contributed by atoms with Crippen LogP contribution in [0.25, 0.3) is 0 Å². The molecule has 0 aliphatic carbocycles. The molecule has 0 aliphatic heterocycles. The van der Waals surface area contributed by atoms with Gasteiger partial charge in [-0.2, -0.15) is 0 Å². The van der Waals surface area contributed by atoms with Crippen LogP contribution < -0.4 is 24.0 Å². The van der Waals surface area contributed by atoms with Crippen LogP contribution in [-0.2, 0) is 9.59 Å². The number of carbonyl (C=O) groups excluding carboxylic acids is 2. The molecule has 0 radical (unpaired) electrons. The first-order valence-corrected chi connectivity index (χ1v) is 2.53. The fourth-order valence-electron chi connectivity index (χ4n) is 0.335. The van der Waals surface area contributed by atoms with E-state index in [1.807, 2.05) is 0 Å². The number of carboxylic acids is 1.